The van der Waals surface area contributed by atoms with Crippen LogP contribution in [-0.2, 0) is 0 Å². The lowest BCUT2D eigenvalue weighted by atomic mass is 10.3. The molecule has 4 nitrogen and oxygen atoms in total. The van der Waals surface area contributed by atoms with Gasteiger partial charge in [-0.15, -0.1) is 0 Å². The molecular formula is C11H14FN3O. The van der Waals surface area contributed by atoms with E-state index in [1.807, 2.05) is 0 Å². The Balaban J connectivity index is 2.00. The maximum Gasteiger partial charge on any atom is 0.321 e. The lowest BCUT2D eigenvalue weighted by molar-refractivity contribution is 0.222. The second-order valence-corrected chi connectivity index (χ2v) is 3.90. The number of carbonyl (C=O) groups excluding carboxylic acids is 1. The smallest absolute Gasteiger partial charge is 0.321 e. The van der Waals surface area contributed by atoms with Gasteiger partial charge in [0.25, 0.3) is 0 Å². The molecule has 1 atom stereocenters. The molecule has 1 heterocycles. The number of nitrogens with two attached hydrogens (primary N) is 1. The summed E-state index contributed by atoms with van der Waals surface area (Å²) < 4.78 is 13.3. The normalized spacial score (nSPS) is 19.9. The van der Waals surface area contributed by atoms with E-state index in [1.54, 1.807) is 17.0 Å². The molecule has 0 saturated carbocycles. The van der Waals surface area contributed by atoms with E-state index in [-0.39, 0.29) is 17.8 Å². The van der Waals surface area contributed by atoms with Crippen LogP contribution in [-0.4, -0.2) is 30.1 Å². The Morgan fingerprint density at radius 1 is 1.50 bits per heavy atom. The topological polar surface area (TPSA) is 58.4 Å². The van der Waals surface area contributed by atoms with Crippen LogP contribution < -0.4 is 11.1 Å². The number of nitrogens with zero attached hydrogens (tertiary/aromatic N) is 1. The molecule has 16 heavy (non-hydrogen) atoms. The SMILES string of the molecule is NC1CCN(C(=O)Nc2ccccc2F)C1. The Bertz CT molecular complexity index is 397. The molecule has 86 valence electrons. The third-order valence-corrected chi connectivity index (χ3v) is 2.63. The van der Waals surface area contributed by atoms with Crippen LogP contribution in [0.3, 0.4) is 0 Å². The van der Waals surface area contributed by atoms with Gasteiger partial charge >= 0.3 is 6.03 Å². The number of amides is 2. The Morgan fingerprint density at radius 2 is 2.25 bits per heavy atom. The summed E-state index contributed by atoms with van der Waals surface area (Å²) in [7, 11) is 0. The highest BCUT2D eigenvalue weighted by Crippen LogP contribution is 2.15. The van der Waals surface area contributed by atoms with E-state index in [0.717, 1.165) is 6.42 Å². The Kier molecular flexibility index (Phi) is 3.05. The van der Waals surface area contributed by atoms with Crippen molar-refractivity contribution in [3.63, 3.8) is 0 Å². The molecule has 1 aliphatic heterocycles. The summed E-state index contributed by atoms with van der Waals surface area (Å²) in [4.78, 5) is 13.3. The van der Waals surface area contributed by atoms with Crippen molar-refractivity contribution < 1.29 is 9.18 Å². The van der Waals surface area contributed by atoms with Crippen LogP contribution in [0.1, 0.15) is 6.42 Å². The van der Waals surface area contributed by atoms with Crippen molar-refractivity contribution in [2.75, 3.05) is 18.4 Å². The molecule has 3 N–H and O–H groups in total. The van der Waals surface area contributed by atoms with E-state index in [2.05, 4.69) is 5.32 Å². The Morgan fingerprint density at radius 3 is 2.88 bits per heavy atom. The fraction of sp³-hybridized carbons (Fsp3) is 0.364. The van der Waals surface area contributed by atoms with E-state index in [4.69, 9.17) is 5.73 Å². The monoisotopic (exact) mass is 223 g/mol. The van der Waals surface area contributed by atoms with Crippen LogP contribution in [0.4, 0.5) is 14.9 Å². The molecule has 1 fully saturated rings. The third-order valence-electron chi connectivity index (χ3n) is 2.63. The minimum atomic E-state index is -0.431. The van der Waals surface area contributed by atoms with Gasteiger partial charge in [-0.1, -0.05) is 12.1 Å². The first-order valence-corrected chi connectivity index (χ1v) is 5.23. The quantitative estimate of drug-likeness (QED) is 0.755. The highest BCUT2D eigenvalue weighted by molar-refractivity contribution is 5.89. The number of benzene rings is 1. The van der Waals surface area contributed by atoms with Gasteiger partial charge in [-0.2, -0.15) is 0 Å². The van der Waals surface area contributed by atoms with Crippen molar-refractivity contribution in [2.45, 2.75) is 12.5 Å². The van der Waals surface area contributed by atoms with Gasteiger partial charge in [-0.3, -0.25) is 0 Å². The molecule has 2 amide bonds. The second kappa shape index (κ2) is 4.49. The van der Waals surface area contributed by atoms with Gasteiger partial charge < -0.3 is 16.0 Å². The molecule has 1 aliphatic rings. The van der Waals surface area contributed by atoms with Crippen LogP contribution in [0.2, 0.25) is 0 Å². The first kappa shape index (κ1) is 10.9. The molecule has 1 aromatic carbocycles. The number of nitrogens with one attached hydrogen (secondary N) is 1. The van der Waals surface area contributed by atoms with Gasteiger partial charge in [0, 0.05) is 19.1 Å². The minimum absolute atomic E-state index is 0.0337. The zero-order chi connectivity index (χ0) is 11.5. The van der Waals surface area contributed by atoms with E-state index < -0.39 is 5.82 Å². The summed E-state index contributed by atoms with van der Waals surface area (Å²) in [5, 5.41) is 2.53. The predicted molar refractivity (Wildman–Crippen MR) is 59.6 cm³/mol. The number of hydrogen-bond donors (Lipinski definition) is 2. The maximum atomic E-state index is 13.3. The van der Waals surface area contributed by atoms with Crippen LogP contribution in [0, 0.1) is 5.82 Å². The number of para-hydroxylation sites is 1. The molecule has 0 aromatic heterocycles. The zero-order valence-corrected chi connectivity index (χ0v) is 8.82. The molecule has 0 radical (unpaired) electrons. The summed E-state index contributed by atoms with van der Waals surface area (Å²) in [5.41, 5.74) is 5.89. The largest absolute Gasteiger partial charge is 0.326 e. The van der Waals surface area contributed by atoms with E-state index in [9.17, 15) is 9.18 Å². The number of anilines is 1. The van der Waals surface area contributed by atoms with Crippen molar-refractivity contribution in [1.29, 1.82) is 0 Å². The fourth-order valence-corrected chi connectivity index (χ4v) is 1.73. The second-order valence-electron chi connectivity index (χ2n) is 3.90. The number of urea groups is 1. The fourth-order valence-electron chi connectivity index (χ4n) is 1.73. The molecule has 0 aliphatic carbocycles. The van der Waals surface area contributed by atoms with Crippen molar-refractivity contribution in [1.82, 2.24) is 4.90 Å². The van der Waals surface area contributed by atoms with Crippen molar-refractivity contribution in [2.24, 2.45) is 5.73 Å². The van der Waals surface area contributed by atoms with Crippen molar-refractivity contribution >= 4 is 11.7 Å². The standard InChI is InChI=1S/C11H14FN3O/c12-9-3-1-2-4-10(9)14-11(16)15-6-5-8(13)7-15/h1-4,8H,5-7,13H2,(H,14,16). The summed E-state index contributed by atoms with van der Waals surface area (Å²) in [6.07, 6.45) is 0.796. The van der Waals surface area contributed by atoms with E-state index in [0.29, 0.717) is 13.1 Å². The number of carbonyl (C=O) groups is 1. The van der Waals surface area contributed by atoms with Crippen LogP contribution in [0.5, 0.6) is 0 Å². The van der Waals surface area contributed by atoms with Crippen molar-refractivity contribution in [3.05, 3.63) is 30.1 Å². The molecule has 0 spiro atoms. The highest BCUT2D eigenvalue weighted by atomic mass is 19.1. The highest BCUT2D eigenvalue weighted by Gasteiger charge is 2.23. The summed E-state index contributed by atoms with van der Waals surface area (Å²) in [5.74, 6) is -0.431. The summed E-state index contributed by atoms with van der Waals surface area (Å²) >= 11 is 0. The number of rotatable bonds is 1. The Hall–Kier alpha value is -1.62. The van der Waals surface area contributed by atoms with Crippen LogP contribution in [0.25, 0.3) is 0 Å². The Labute approximate surface area is 93.2 Å². The zero-order valence-electron chi connectivity index (χ0n) is 8.82. The van der Waals surface area contributed by atoms with Gasteiger partial charge in [-0.05, 0) is 18.6 Å². The van der Waals surface area contributed by atoms with Gasteiger partial charge in [0.2, 0.25) is 0 Å². The van der Waals surface area contributed by atoms with Gasteiger partial charge in [0.05, 0.1) is 5.69 Å². The predicted octanol–water partition coefficient (Wildman–Crippen LogP) is 1.39. The van der Waals surface area contributed by atoms with Gasteiger partial charge in [0.1, 0.15) is 5.82 Å². The molecule has 1 aromatic rings. The lowest BCUT2D eigenvalue weighted by Gasteiger charge is -2.16. The molecule has 2 rings (SSSR count). The lowest BCUT2D eigenvalue weighted by Crippen LogP contribution is -2.35. The minimum Gasteiger partial charge on any atom is -0.326 e. The van der Waals surface area contributed by atoms with Crippen LogP contribution >= 0.6 is 0 Å². The maximum absolute atomic E-state index is 13.3. The molecule has 5 heteroatoms. The third kappa shape index (κ3) is 2.30. The average Bonchev–Trinajstić information content (AvgIpc) is 2.68. The number of likely N-dealkylation sites (tertiary alicyclic amines) is 1. The molecular weight excluding hydrogens is 209 g/mol. The molecule has 1 saturated heterocycles. The van der Waals surface area contributed by atoms with Gasteiger partial charge in [0.15, 0.2) is 0 Å². The van der Waals surface area contributed by atoms with E-state index >= 15 is 0 Å². The number of hydrogen-bond acceptors (Lipinski definition) is 2. The van der Waals surface area contributed by atoms with Crippen LogP contribution in [0.15, 0.2) is 24.3 Å². The summed E-state index contributed by atoms with van der Waals surface area (Å²) in [6.45, 7) is 1.15. The van der Waals surface area contributed by atoms with Gasteiger partial charge in [-0.25, -0.2) is 9.18 Å². The van der Waals surface area contributed by atoms with Crippen molar-refractivity contribution in [3.8, 4) is 0 Å². The first-order valence-electron chi connectivity index (χ1n) is 5.23. The van der Waals surface area contributed by atoms with E-state index in [1.165, 1.54) is 12.1 Å². The molecule has 0 bridgehead atoms. The molecule has 1 unspecified atom stereocenters. The average molecular weight is 223 g/mol. The summed E-state index contributed by atoms with van der Waals surface area (Å²) in [6, 6.07) is 5.84. The number of halogens is 1. The first-order chi connectivity index (χ1) is 7.66.